The van der Waals surface area contributed by atoms with Gasteiger partial charge >= 0.3 is 5.97 Å². The third kappa shape index (κ3) is 1.26. The minimum absolute atomic E-state index is 0.328. The Labute approximate surface area is 75.4 Å². The number of aromatic carboxylic acids is 1. The third-order valence-electron chi connectivity index (χ3n) is 1.93. The average Bonchev–Trinajstić information content (AvgIpc) is 2.17. The van der Waals surface area contributed by atoms with Gasteiger partial charge in [0.2, 0.25) is 0 Å². The molecule has 2 aromatic rings. The van der Waals surface area contributed by atoms with Crippen molar-refractivity contribution in [1.29, 1.82) is 0 Å². The molecule has 0 unspecified atom stereocenters. The van der Waals surface area contributed by atoms with Crippen molar-refractivity contribution in [3.63, 3.8) is 0 Å². The van der Waals surface area contributed by atoms with Crippen molar-refractivity contribution in [2.75, 3.05) is 0 Å². The minimum atomic E-state index is -0.898. The molecular weight excluding hydrogens is 164 g/mol. The first-order valence-corrected chi connectivity index (χ1v) is 3.92. The molecule has 0 aliphatic rings. The van der Waals surface area contributed by atoms with Crippen LogP contribution in [-0.2, 0) is 0 Å². The third-order valence-corrected chi connectivity index (χ3v) is 1.93. The molecule has 0 spiro atoms. The van der Waals surface area contributed by atoms with E-state index in [1.165, 1.54) is 0 Å². The highest BCUT2D eigenvalue weighted by molar-refractivity contribution is 6.03. The van der Waals surface area contributed by atoms with Gasteiger partial charge in [0.15, 0.2) is 0 Å². The second kappa shape index (κ2) is 2.90. The first-order chi connectivity index (χ1) is 6.29. The fourth-order valence-electron chi connectivity index (χ4n) is 1.34. The summed E-state index contributed by atoms with van der Waals surface area (Å²) in [4.78, 5) is 10.8. The predicted molar refractivity (Wildman–Crippen MR) is 49.7 cm³/mol. The van der Waals surface area contributed by atoms with Gasteiger partial charge in [-0.1, -0.05) is 30.3 Å². The van der Waals surface area contributed by atoms with E-state index < -0.39 is 5.97 Å². The Hall–Kier alpha value is -1.83. The molecule has 1 N–H and O–H groups in total. The van der Waals surface area contributed by atoms with E-state index in [2.05, 4.69) is 6.07 Å². The van der Waals surface area contributed by atoms with Gasteiger partial charge in [0.25, 0.3) is 0 Å². The summed E-state index contributed by atoms with van der Waals surface area (Å²) < 4.78 is 0. The molecule has 0 aromatic heterocycles. The Morgan fingerprint density at radius 3 is 2.85 bits per heavy atom. The smallest absolute Gasteiger partial charge is 0.336 e. The summed E-state index contributed by atoms with van der Waals surface area (Å²) >= 11 is 0. The minimum Gasteiger partial charge on any atom is -0.478 e. The fourth-order valence-corrected chi connectivity index (χ4v) is 1.34. The van der Waals surface area contributed by atoms with Crippen molar-refractivity contribution < 1.29 is 9.90 Å². The van der Waals surface area contributed by atoms with Gasteiger partial charge in [-0.25, -0.2) is 4.79 Å². The zero-order valence-corrected chi connectivity index (χ0v) is 6.82. The lowest BCUT2D eigenvalue weighted by Gasteiger charge is -1.99. The van der Waals surface area contributed by atoms with Crippen LogP contribution in [0.25, 0.3) is 10.8 Å². The molecule has 0 aliphatic carbocycles. The molecule has 2 aromatic carbocycles. The normalized spacial score (nSPS) is 10.2. The van der Waals surface area contributed by atoms with Crippen LogP contribution in [0.15, 0.2) is 36.4 Å². The van der Waals surface area contributed by atoms with E-state index in [9.17, 15) is 4.79 Å². The fraction of sp³-hybridized carbons (Fsp3) is 0. The summed E-state index contributed by atoms with van der Waals surface area (Å²) in [6.07, 6.45) is 0. The van der Waals surface area contributed by atoms with Crippen molar-refractivity contribution in [3.8, 4) is 0 Å². The summed E-state index contributed by atoms with van der Waals surface area (Å²) in [6.45, 7) is 0. The monoisotopic (exact) mass is 171 g/mol. The number of benzene rings is 2. The number of hydrogen-bond acceptors (Lipinski definition) is 1. The molecule has 2 nitrogen and oxygen atoms in total. The van der Waals surface area contributed by atoms with Crippen LogP contribution >= 0.6 is 0 Å². The van der Waals surface area contributed by atoms with Crippen LogP contribution in [0.2, 0.25) is 0 Å². The second-order valence-corrected chi connectivity index (χ2v) is 2.74. The van der Waals surface area contributed by atoms with Crippen molar-refractivity contribution in [3.05, 3.63) is 48.0 Å². The lowest BCUT2D eigenvalue weighted by molar-refractivity contribution is 0.0699. The quantitative estimate of drug-likeness (QED) is 0.715. The molecule has 0 saturated heterocycles. The van der Waals surface area contributed by atoms with Crippen LogP contribution in [0.4, 0.5) is 0 Å². The summed E-state index contributed by atoms with van der Waals surface area (Å²) in [5.74, 6) is -0.898. The maximum absolute atomic E-state index is 10.8. The largest absolute Gasteiger partial charge is 0.478 e. The molecule has 2 heteroatoms. The van der Waals surface area contributed by atoms with Gasteiger partial charge in [-0.2, -0.15) is 0 Å². The molecule has 0 amide bonds. The van der Waals surface area contributed by atoms with Gasteiger partial charge in [0.1, 0.15) is 0 Å². The van der Waals surface area contributed by atoms with Crippen LogP contribution in [-0.4, -0.2) is 11.1 Å². The molecule has 0 bridgehead atoms. The summed E-state index contributed by atoms with van der Waals surface area (Å²) in [6, 6.07) is 13.5. The summed E-state index contributed by atoms with van der Waals surface area (Å²) in [5, 5.41) is 10.4. The SMILES string of the molecule is O=C(O)c1cccc2[c]cccc12. The second-order valence-electron chi connectivity index (χ2n) is 2.74. The lowest BCUT2D eigenvalue weighted by atomic mass is 10.1. The van der Waals surface area contributed by atoms with Crippen LogP contribution in [0, 0.1) is 6.07 Å². The molecule has 63 valence electrons. The Morgan fingerprint density at radius 1 is 1.23 bits per heavy atom. The van der Waals surface area contributed by atoms with Crippen molar-refractivity contribution in [1.82, 2.24) is 0 Å². The highest BCUT2D eigenvalue weighted by Crippen LogP contribution is 2.17. The highest BCUT2D eigenvalue weighted by atomic mass is 16.4. The maximum Gasteiger partial charge on any atom is 0.336 e. The molecule has 0 aliphatic heterocycles. The first-order valence-electron chi connectivity index (χ1n) is 3.92. The van der Waals surface area contributed by atoms with E-state index in [1.807, 2.05) is 6.07 Å². The first kappa shape index (κ1) is 7.80. The zero-order valence-electron chi connectivity index (χ0n) is 6.82. The Balaban J connectivity index is 2.83. The van der Waals surface area contributed by atoms with Gasteiger partial charge in [0, 0.05) is 0 Å². The Bertz CT molecular complexity index is 455. The molecule has 13 heavy (non-hydrogen) atoms. The van der Waals surface area contributed by atoms with Crippen molar-refractivity contribution in [2.24, 2.45) is 0 Å². The lowest BCUT2D eigenvalue weighted by Crippen LogP contribution is -1.96. The van der Waals surface area contributed by atoms with Gasteiger partial charge in [-0.05, 0) is 22.9 Å². The Morgan fingerprint density at radius 2 is 2.08 bits per heavy atom. The van der Waals surface area contributed by atoms with E-state index in [0.29, 0.717) is 5.56 Å². The maximum atomic E-state index is 10.8. The van der Waals surface area contributed by atoms with Crippen LogP contribution in [0.3, 0.4) is 0 Å². The van der Waals surface area contributed by atoms with E-state index >= 15 is 0 Å². The number of rotatable bonds is 1. The standard InChI is InChI=1S/C11H7O2/c12-11(13)10-7-3-5-8-4-1-2-6-9(8)10/h1-3,5-7H,(H,12,13). The highest BCUT2D eigenvalue weighted by Gasteiger charge is 2.05. The van der Waals surface area contributed by atoms with Gasteiger partial charge in [0.05, 0.1) is 5.56 Å². The molecule has 0 atom stereocenters. The summed E-state index contributed by atoms with van der Waals surface area (Å²) in [7, 11) is 0. The Kier molecular flexibility index (Phi) is 1.74. The van der Waals surface area contributed by atoms with Gasteiger partial charge < -0.3 is 5.11 Å². The molecule has 0 fully saturated rings. The number of carboxylic acid groups (broad SMARTS) is 1. The number of fused-ring (bicyclic) bond motifs is 1. The topological polar surface area (TPSA) is 37.3 Å². The van der Waals surface area contributed by atoms with E-state index in [4.69, 9.17) is 5.11 Å². The van der Waals surface area contributed by atoms with Crippen LogP contribution < -0.4 is 0 Å². The molecular formula is C11H7O2. The van der Waals surface area contributed by atoms with Crippen molar-refractivity contribution >= 4 is 16.7 Å². The van der Waals surface area contributed by atoms with Crippen molar-refractivity contribution in [2.45, 2.75) is 0 Å². The summed E-state index contributed by atoms with van der Waals surface area (Å²) in [5.41, 5.74) is 0.328. The number of carbonyl (C=O) groups is 1. The van der Waals surface area contributed by atoms with Crippen LogP contribution in [0.1, 0.15) is 10.4 Å². The van der Waals surface area contributed by atoms with E-state index in [0.717, 1.165) is 10.8 Å². The van der Waals surface area contributed by atoms with E-state index in [-0.39, 0.29) is 0 Å². The van der Waals surface area contributed by atoms with E-state index in [1.54, 1.807) is 30.3 Å². The number of carboxylic acids is 1. The number of hydrogen-bond donors (Lipinski definition) is 1. The molecule has 0 saturated carbocycles. The predicted octanol–water partition coefficient (Wildman–Crippen LogP) is 2.34. The average molecular weight is 171 g/mol. The van der Waals surface area contributed by atoms with Crippen LogP contribution in [0.5, 0.6) is 0 Å². The molecule has 2 rings (SSSR count). The van der Waals surface area contributed by atoms with Gasteiger partial charge in [-0.3, -0.25) is 0 Å². The zero-order chi connectivity index (χ0) is 9.26. The van der Waals surface area contributed by atoms with Gasteiger partial charge in [-0.15, -0.1) is 0 Å². The molecule has 1 radical (unpaired) electrons. The molecule has 0 heterocycles.